The van der Waals surface area contributed by atoms with Crippen LogP contribution in [-0.2, 0) is 4.74 Å². The highest BCUT2D eigenvalue weighted by Gasteiger charge is 2.39. The molecule has 2 atom stereocenters. The van der Waals surface area contributed by atoms with E-state index in [0.29, 0.717) is 12.0 Å². The van der Waals surface area contributed by atoms with Gasteiger partial charge in [-0.15, -0.1) is 24.0 Å². The predicted molar refractivity (Wildman–Crippen MR) is 114 cm³/mol. The average molecular weight is 465 g/mol. The largest absolute Gasteiger partial charge is 0.381 e. The SMILES string of the molecule is CN=C(NCC1(N(C)C)CCOCC1)NC1CN(C2CC2)CC1C.I. The van der Waals surface area contributed by atoms with Crippen molar-refractivity contribution in [2.24, 2.45) is 10.9 Å². The summed E-state index contributed by atoms with van der Waals surface area (Å²) in [5.74, 6) is 1.62. The van der Waals surface area contributed by atoms with Gasteiger partial charge in [-0.1, -0.05) is 6.92 Å². The van der Waals surface area contributed by atoms with E-state index in [2.05, 4.69) is 46.4 Å². The maximum Gasteiger partial charge on any atom is 0.191 e. The lowest BCUT2D eigenvalue weighted by molar-refractivity contribution is -0.00503. The molecule has 3 fully saturated rings. The Morgan fingerprint density at radius 1 is 1.24 bits per heavy atom. The molecule has 1 aliphatic carbocycles. The second-order valence-corrected chi connectivity index (χ2v) is 8.07. The quantitative estimate of drug-likeness (QED) is 0.365. The minimum absolute atomic E-state index is 0. The first-order chi connectivity index (χ1) is 11.5. The van der Waals surface area contributed by atoms with Crippen LogP contribution in [0, 0.1) is 5.92 Å². The molecule has 2 N–H and O–H groups in total. The number of hydrogen-bond donors (Lipinski definition) is 2. The Morgan fingerprint density at radius 2 is 1.92 bits per heavy atom. The van der Waals surface area contributed by atoms with Crippen molar-refractivity contribution in [3.63, 3.8) is 0 Å². The zero-order valence-corrected chi connectivity index (χ0v) is 18.6. The van der Waals surface area contributed by atoms with Crippen LogP contribution < -0.4 is 10.6 Å². The molecular weight excluding hydrogens is 429 g/mol. The summed E-state index contributed by atoms with van der Waals surface area (Å²) < 4.78 is 5.56. The molecule has 0 aromatic rings. The number of halogens is 1. The number of likely N-dealkylation sites (tertiary alicyclic amines) is 1. The molecule has 2 unspecified atom stereocenters. The van der Waals surface area contributed by atoms with Crippen molar-refractivity contribution in [3.8, 4) is 0 Å². The maximum absolute atomic E-state index is 5.56. The molecule has 25 heavy (non-hydrogen) atoms. The molecule has 7 heteroatoms. The molecule has 0 spiro atoms. The van der Waals surface area contributed by atoms with Crippen LogP contribution in [0.25, 0.3) is 0 Å². The lowest BCUT2D eigenvalue weighted by atomic mass is 9.88. The minimum atomic E-state index is 0. The topological polar surface area (TPSA) is 52.1 Å². The standard InChI is InChI=1S/C18H35N5O.HI/c1-14-11-23(15-5-6-15)12-16(14)21-17(19-2)20-13-18(22(3)4)7-9-24-10-8-18;/h14-16H,5-13H2,1-4H3,(H2,19,20,21);1H. The first-order valence-electron chi connectivity index (χ1n) is 9.50. The van der Waals surface area contributed by atoms with Crippen molar-refractivity contribution in [3.05, 3.63) is 0 Å². The molecule has 2 aliphatic heterocycles. The van der Waals surface area contributed by atoms with E-state index >= 15 is 0 Å². The molecule has 0 radical (unpaired) electrons. The van der Waals surface area contributed by atoms with Crippen LogP contribution in [0.4, 0.5) is 0 Å². The summed E-state index contributed by atoms with van der Waals surface area (Å²) in [5.41, 5.74) is 0.164. The fourth-order valence-corrected chi connectivity index (χ4v) is 4.08. The van der Waals surface area contributed by atoms with Gasteiger partial charge in [0.1, 0.15) is 0 Å². The van der Waals surface area contributed by atoms with Crippen LogP contribution >= 0.6 is 24.0 Å². The maximum atomic E-state index is 5.56. The van der Waals surface area contributed by atoms with Gasteiger partial charge in [0.2, 0.25) is 0 Å². The van der Waals surface area contributed by atoms with E-state index in [9.17, 15) is 0 Å². The smallest absolute Gasteiger partial charge is 0.191 e. The molecule has 0 aromatic carbocycles. The third-order valence-electron chi connectivity index (χ3n) is 6.21. The summed E-state index contributed by atoms with van der Waals surface area (Å²) in [4.78, 5) is 9.47. The van der Waals surface area contributed by atoms with Crippen LogP contribution in [0.5, 0.6) is 0 Å². The van der Waals surface area contributed by atoms with Crippen molar-refractivity contribution in [2.45, 2.75) is 50.2 Å². The number of guanidine groups is 1. The number of aliphatic imine (C=N–C) groups is 1. The first-order valence-corrected chi connectivity index (χ1v) is 9.50. The summed E-state index contributed by atoms with van der Waals surface area (Å²) in [6.45, 7) is 7.34. The van der Waals surface area contributed by atoms with E-state index in [1.807, 2.05) is 7.05 Å². The minimum Gasteiger partial charge on any atom is -0.381 e. The summed E-state index contributed by atoms with van der Waals surface area (Å²) in [6.07, 6.45) is 4.91. The van der Waals surface area contributed by atoms with Gasteiger partial charge in [0, 0.05) is 57.5 Å². The average Bonchev–Trinajstić information content (AvgIpc) is 3.36. The van der Waals surface area contributed by atoms with Crippen molar-refractivity contribution in [2.75, 3.05) is 54.0 Å². The fraction of sp³-hybridized carbons (Fsp3) is 0.944. The van der Waals surface area contributed by atoms with E-state index in [-0.39, 0.29) is 29.5 Å². The number of ether oxygens (including phenoxy) is 1. The molecule has 0 aromatic heterocycles. The number of rotatable bonds is 5. The Morgan fingerprint density at radius 3 is 2.48 bits per heavy atom. The van der Waals surface area contributed by atoms with Gasteiger partial charge >= 0.3 is 0 Å². The number of hydrogen-bond acceptors (Lipinski definition) is 4. The van der Waals surface area contributed by atoms with Crippen molar-refractivity contribution in [1.82, 2.24) is 20.4 Å². The molecular formula is C18H36IN5O. The molecule has 0 amide bonds. The Kier molecular flexibility index (Phi) is 7.79. The Labute approximate surface area is 170 Å². The Bertz CT molecular complexity index is 449. The summed E-state index contributed by atoms with van der Waals surface area (Å²) in [7, 11) is 6.23. The predicted octanol–water partition coefficient (Wildman–Crippen LogP) is 1.36. The van der Waals surface area contributed by atoms with E-state index in [4.69, 9.17) is 4.74 Å². The summed E-state index contributed by atoms with van der Waals surface area (Å²) in [5, 5.41) is 7.26. The Hall–Kier alpha value is -0.120. The molecule has 146 valence electrons. The lowest BCUT2D eigenvalue weighted by Gasteiger charge is -2.43. The highest BCUT2D eigenvalue weighted by atomic mass is 127. The molecule has 3 aliphatic rings. The highest BCUT2D eigenvalue weighted by Crippen LogP contribution is 2.31. The van der Waals surface area contributed by atoms with Crippen molar-refractivity contribution < 1.29 is 4.74 Å². The van der Waals surface area contributed by atoms with Crippen LogP contribution in [0.1, 0.15) is 32.6 Å². The van der Waals surface area contributed by atoms with Gasteiger partial charge in [0.25, 0.3) is 0 Å². The van der Waals surface area contributed by atoms with Gasteiger partial charge in [0.05, 0.1) is 0 Å². The number of likely N-dealkylation sites (N-methyl/N-ethyl adjacent to an activating group) is 1. The monoisotopic (exact) mass is 465 g/mol. The van der Waals surface area contributed by atoms with Crippen molar-refractivity contribution in [1.29, 1.82) is 0 Å². The molecule has 1 saturated carbocycles. The third-order valence-corrected chi connectivity index (χ3v) is 6.21. The molecule has 0 bridgehead atoms. The van der Waals surface area contributed by atoms with Gasteiger partial charge in [-0.2, -0.15) is 0 Å². The van der Waals surface area contributed by atoms with Gasteiger partial charge in [-0.25, -0.2) is 0 Å². The van der Waals surface area contributed by atoms with Gasteiger partial charge in [0.15, 0.2) is 5.96 Å². The van der Waals surface area contributed by atoms with Crippen LogP contribution in [-0.4, -0.2) is 87.4 Å². The molecule has 3 rings (SSSR count). The molecule has 6 nitrogen and oxygen atoms in total. The van der Waals surface area contributed by atoms with Crippen molar-refractivity contribution >= 4 is 29.9 Å². The summed E-state index contributed by atoms with van der Waals surface area (Å²) in [6, 6.07) is 1.36. The fourth-order valence-electron chi connectivity index (χ4n) is 4.08. The molecule has 2 saturated heterocycles. The zero-order chi connectivity index (χ0) is 17.2. The van der Waals surface area contributed by atoms with E-state index in [0.717, 1.165) is 51.1 Å². The zero-order valence-electron chi connectivity index (χ0n) is 16.3. The second-order valence-electron chi connectivity index (χ2n) is 8.07. The van der Waals surface area contributed by atoms with Crippen LogP contribution in [0.2, 0.25) is 0 Å². The van der Waals surface area contributed by atoms with Gasteiger partial charge < -0.3 is 20.3 Å². The van der Waals surface area contributed by atoms with Gasteiger partial charge in [-0.3, -0.25) is 9.89 Å². The summed E-state index contributed by atoms with van der Waals surface area (Å²) >= 11 is 0. The third kappa shape index (κ3) is 5.20. The lowest BCUT2D eigenvalue weighted by Crippen LogP contribution is -2.58. The number of nitrogens with one attached hydrogen (secondary N) is 2. The highest BCUT2D eigenvalue weighted by molar-refractivity contribution is 14.0. The Balaban J connectivity index is 0.00000225. The van der Waals surface area contributed by atoms with Crippen LogP contribution in [0.15, 0.2) is 4.99 Å². The molecule has 2 heterocycles. The first kappa shape index (κ1) is 21.2. The van der Waals surface area contributed by atoms with E-state index < -0.39 is 0 Å². The number of nitrogens with zero attached hydrogens (tertiary/aromatic N) is 3. The van der Waals surface area contributed by atoms with E-state index in [1.165, 1.54) is 19.4 Å². The normalized spacial score (nSPS) is 30.2. The van der Waals surface area contributed by atoms with Crippen LogP contribution in [0.3, 0.4) is 0 Å². The van der Waals surface area contributed by atoms with E-state index in [1.54, 1.807) is 0 Å². The second kappa shape index (κ2) is 9.19. The van der Waals surface area contributed by atoms with Gasteiger partial charge in [-0.05, 0) is 45.7 Å².